The highest BCUT2D eigenvalue weighted by atomic mass is 28.4. The van der Waals surface area contributed by atoms with Crippen molar-refractivity contribution in [3.05, 3.63) is 23.7 Å². The van der Waals surface area contributed by atoms with E-state index in [-0.39, 0.29) is 28.4 Å². The van der Waals surface area contributed by atoms with Gasteiger partial charge in [0.15, 0.2) is 16.6 Å². The lowest BCUT2D eigenvalue weighted by atomic mass is 9.72. The van der Waals surface area contributed by atoms with Gasteiger partial charge in [0.2, 0.25) is 0 Å². The van der Waals surface area contributed by atoms with Crippen LogP contribution in [0.2, 0.25) is 36.3 Å². The fourth-order valence-electron chi connectivity index (χ4n) is 3.24. The molecule has 1 saturated heterocycles. The molecular formula is C28H57BO4Si2. The maximum Gasteiger partial charge on any atom is 0.494 e. The zero-order valence-corrected chi connectivity index (χ0v) is 27.7. The summed E-state index contributed by atoms with van der Waals surface area (Å²) in [6.07, 6.45) is 6.01. The molecule has 1 aliphatic heterocycles. The Morgan fingerprint density at radius 1 is 0.800 bits per heavy atom. The number of hydrogen-bond acceptors (Lipinski definition) is 4. The minimum absolute atomic E-state index is 0.226. The van der Waals surface area contributed by atoms with Crippen LogP contribution in [0, 0.1) is 0 Å². The predicted octanol–water partition coefficient (Wildman–Crippen LogP) is 8.70. The third kappa shape index (κ3) is 8.96. The van der Waals surface area contributed by atoms with Gasteiger partial charge in [-0.2, -0.15) is 0 Å². The molecule has 0 aromatic heterocycles. The first kappa shape index (κ1) is 32.8. The molecule has 0 spiro atoms. The van der Waals surface area contributed by atoms with E-state index in [9.17, 15) is 0 Å². The second-order valence-corrected chi connectivity index (χ2v) is 23.9. The smallest absolute Gasteiger partial charge is 0.417 e. The number of unbranched alkanes of at least 4 members (excludes halogenated alkanes) is 1. The molecule has 4 nitrogen and oxygen atoms in total. The average Bonchev–Trinajstić information content (AvgIpc) is 2.86. The molecule has 204 valence electrons. The molecule has 0 aliphatic carbocycles. The first-order valence-electron chi connectivity index (χ1n) is 13.6. The molecule has 7 heteroatoms. The van der Waals surface area contributed by atoms with Crippen LogP contribution in [-0.2, 0) is 18.2 Å². The summed E-state index contributed by atoms with van der Waals surface area (Å²) in [4.78, 5) is 0. The van der Waals surface area contributed by atoms with Gasteiger partial charge >= 0.3 is 7.12 Å². The maximum atomic E-state index is 6.41. The van der Waals surface area contributed by atoms with Gasteiger partial charge in [-0.1, -0.05) is 59.8 Å². The fourth-order valence-corrected chi connectivity index (χ4v) is 5.41. The Kier molecular flexibility index (Phi) is 11.0. The molecule has 1 heterocycles. The summed E-state index contributed by atoms with van der Waals surface area (Å²) < 4.78 is 25.6. The number of allylic oxidation sites excluding steroid dienone is 3. The second-order valence-electron chi connectivity index (χ2n) is 14.3. The highest BCUT2D eigenvalue weighted by molar-refractivity contribution is 6.74. The van der Waals surface area contributed by atoms with Crippen LogP contribution in [-0.4, -0.2) is 48.2 Å². The normalized spacial score (nSPS) is 19.4. The standard InChI is InChI=1S/C28H57BO4Si2/c1-23(19-18-22-31-35(14,15)26(5,6)7)24(29-32-27(8,9)28(10,11)33-29)20-16-17-21-30-34(12,13)25(2,3)4/h20H,1,16-19,21-22H2,2-15H3/b24-20+. The minimum Gasteiger partial charge on any atom is -0.417 e. The van der Waals surface area contributed by atoms with Crippen molar-refractivity contribution in [2.75, 3.05) is 13.2 Å². The average molecular weight is 525 g/mol. The van der Waals surface area contributed by atoms with Crippen LogP contribution in [0.5, 0.6) is 0 Å². The van der Waals surface area contributed by atoms with Crippen LogP contribution in [0.25, 0.3) is 0 Å². The molecule has 1 rings (SSSR count). The first-order chi connectivity index (χ1) is 15.5. The van der Waals surface area contributed by atoms with Crippen molar-refractivity contribution in [3.63, 3.8) is 0 Å². The summed E-state index contributed by atoms with van der Waals surface area (Å²) in [6.45, 7) is 37.4. The Labute approximate surface area is 221 Å². The third-order valence-corrected chi connectivity index (χ3v) is 17.9. The third-order valence-electron chi connectivity index (χ3n) is 8.79. The molecular weight excluding hydrogens is 467 g/mol. The largest absolute Gasteiger partial charge is 0.494 e. The highest BCUT2D eigenvalue weighted by Gasteiger charge is 2.52. The van der Waals surface area contributed by atoms with Crippen molar-refractivity contribution in [2.45, 2.75) is 142 Å². The van der Waals surface area contributed by atoms with Gasteiger partial charge in [-0.15, -0.1) is 0 Å². The molecule has 0 N–H and O–H groups in total. The summed E-state index contributed by atoms with van der Waals surface area (Å²) in [5, 5.41) is 0.460. The molecule has 1 fully saturated rings. The Bertz CT molecular complexity index is 727. The van der Waals surface area contributed by atoms with Crippen LogP contribution >= 0.6 is 0 Å². The number of rotatable bonds is 12. The molecule has 0 aromatic carbocycles. The first-order valence-corrected chi connectivity index (χ1v) is 19.4. The Hall–Kier alpha value is -0.181. The van der Waals surface area contributed by atoms with E-state index < -0.39 is 16.6 Å². The van der Waals surface area contributed by atoms with Gasteiger partial charge in [-0.05, 0) is 95.1 Å². The molecule has 0 amide bonds. The predicted molar refractivity (Wildman–Crippen MR) is 158 cm³/mol. The van der Waals surface area contributed by atoms with Crippen LogP contribution in [0.3, 0.4) is 0 Å². The van der Waals surface area contributed by atoms with E-state index in [1.807, 2.05) is 0 Å². The van der Waals surface area contributed by atoms with Gasteiger partial charge < -0.3 is 18.2 Å². The number of hydrogen-bond donors (Lipinski definition) is 0. The van der Waals surface area contributed by atoms with Gasteiger partial charge in [0, 0.05) is 13.2 Å². The van der Waals surface area contributed by atoms with E-state index in [2.05, 4.69) is 108 Å². The molecule has 0 aromatic rings. The lowest BCUT2D eigenvalue weighted by molar-refractivity contribution is 0.00578. The van der Waals surface area contributed by atoms with Gasteiger partial charge in [-0.25, -0.2) is 0 Å². The topological polar surface area (TPSA) is 36.9 Å². The zero-order valence-electron chi connectivity index (χ0n) is 25.7. The molecule has 35 heavy (non-hydrogen) atoms. The fraction of sp³-hybridized carbons (Fsp3) is 0.857. The van der Waals surface area contributed by atoms with Gasteiger partial charge in [-0.3, -0.25) is 0 Å². The summed E-state index contributed by atoms with van der Waals surface area (Å²) in [5.41, 5.74) is 1.44. The van der Waals surface area contributed by atoms with Crippen molar-refractivity contribution >= 4 is 23.8 Å². The SMILES string of the molecule is C=C(CCCO[Si](C)(C)C(C)(C)C)/C(=C\CCCO[Si](C)(C)C(C)(C)C)B1OC(C)(C)C(C)(C)O1. The van der Waals surface area contributed by atoms with E-state index >= 15 is 0 Å². The van der Waals surface area contributed by atoms with Crippen LogP contribution < -0.4 is 0 Å². The van der Waals surface area contributed by atoms with Crippen LogP contribution in [0.15, 0.2) is 23.7 Å². The van der Waals surface area contributed by atoms with E-state index in [0.717, 1.165) is 49.9 Å². The molecule has 0 saturated carbocycles. The lowest BCUT2D eigenvalue weighted by Crippen LogP contribution is -2.41. The quantitative estimate of drug-likeness (QED) is 0.145. The van der Waals surface area contributed by atoms with E-state index in [0.29, 0.717) is 0 Å². The highest BCUT2D eigenvalue weighted by Crippen LogP contribution is 2.41. The van der Waals surface area contributed by atoms with E-state index in [1.165, 1.54) is 0 Å². The van der Waals surface area contributed by atoms with Gasteiger partial charge in [0.05, 0.1) is 11.2 Å². The van der Waals surface area contributed by atoms with Gasteiger partial charge in [0.25, 0.3) is 0 Å². The Morgan fingerprint density at radius 3 is 1.60 bits per heavy atom. The van der Waals surface area contributed by atoms with Gasteiger partial charge in [0.1, 0.15) is 0 Å². The molecule has 0 radical (unpaired) electrons. The van der Waals surface area contributed by atoms with Crippen LogP contribution in [0.4, 0.5) is 0 Å². The Balaban J connectivity index is 2.82. The summed E-state index contributed by atoms with van der Waals surface area (Å²) in [7, 11) is -3.83. The van der Waals surface area contributed by atoms with Crippen molar-refractivity contribution in [1.29, 1.82) is 0 Å². The summed E-state index contributed by atoms with van der Waals surface area (Å²) >= 11 is 0. The minimum atomic E-state index is -1.73. The molecule has 0 unspecified atom stereocenters. The maximum absolute atomic E-state index is 6.41. The lowest BCUT2D eigenvalue weighted by Gasteiger charge is -2.36. The van der Waals surface area contributed by atoms with Crippen molar-refractivity contribution in [1.82, 2.24) is 0 Å². The van der Waals surface area contributed by atoms with E-state index in [1.54, 1.807) is 0 Å². The second kappa shape index (κ2) is 11.7. The molecule has 1 aliphatic rings. The molecule has 0 atom stereocenters. The van der Waals surface area contributed by atoms with E-state index in [4.69, 9.17) is 18.2 Å². The van der Waals surface area contributed by atoms with Crippen LogP contribution in [0.1, 0.15) is 94.9 Å². The molecule has 0 bridgehead atoms. The van der Waals surface area contributed by atoms with Crippen molar-refractivity contribution < 1.29 is 18.2 Å². The monoisotopic (exact) mass is 524 g/mol. The summed E-state index contributed by atoms with van der Waals surface area (Å²) in [6, 6.07) is 0. The summed E-state index contributed by atoms with van der Waals surface area (Å²) in [5.74, 6) is 0. The zero-order chi connectivity index (χ0) is 27.5. The Morgan fingerprint density at radius 2 is 1.20 bits per heavy atom. The van der Waals surface area contributed by atoms with Crippen molar-refractivity contribution in [3.8, 4) is 0 Å². The van der Waals surface area contributed by atoms with Crippen molar-refractivity contribution in [2.24, 2.45) is 0 Å².